The smallest absolute Gasteiger partial charge is 0.270 e. The summed E-state index contributed by atoms with van der Waals surface area (Å²) in [7, 11) is 1.65. The van der Waals surface area contributed by atoms with Gasteiger partial charge in [-0.25, -0.2) is 4.68 Å². The van der Waals surface area contributed by atoms with Gasteiger partial charge < -0.3 is 10.2 Å². The van der Waals surface area contributed by atoms with Crippen LogP contribution >= 0.6 is 11.3 Å². The number of likely N-dealkylation sites (N-methyl/N-ethyl adjacent to an activating group) is 1. The van der Waals surface area contributed by atoms with E-state index in [1.54, 1.807) is 23.1 Å². The predicted molar refractivity (Wildman–Crippen MR) is 129 cm³/mol. The number of benzene rings is 2. The minimum absolute atomic E-state index is 0.119. The van der Waals surface area contributed by atoms with E-state index < -0.39 is 10.8 Å². The van der Waals surface area contributed by atoms with Gasteiger partial charge in [0, 0.05) is 43.0 Å². The van der Waals surface area contributed by atoms with Crippen LogP contribution in [0.3, 0.4) is 0 Å². The molecular formula is C24H21N5O4S. The topological polar surface area (TPSA) is 110 Å². The SMILES string of the molecule is CN(Cc1cn(-c2ccccc2)nc1-c1cccs1)C(=O)CNC(=O)c1cccc([N+](=O)[O-])c1. The summed E-state index contributed by atoms with van der Waals surface area (Å²) in [6, 6.07) is 19.0. The second-order valence-electron chi connectivity index (χ2n) is 7.50. The highest BCUT2D eigenvalue weighted by Gasteiger charge is 2.18. The number of thiophene rings is 1. The molecule has 0 spiro atoms. The lowest BCUT2D eigenvalue weighted by Gasteiger charge is -2.17. The lowest BCUT2D eigenvalue weighted by atomic mass is 10.2. The fraction of sp³-hybridized carbons (Fsp3) is 0.125. The molecule has 34 heavy (non-hydrogen) atoms. The molecule has 1 N–H and O–H groups in total. The van der Waals surface area contributed by atoms with Gasteiger partial charge in [-0.3, -0.25) is 19.7 Å². The molecule has 2 aromatic heterocycles. The molecule has 10 heteroatoms. The number of nitro benzene ring substituents is 1. The molecule has 2 heterocycles. The van der Waals surface area contributed by atoms with Crippen LogP contribution in [0.4, 0.5) is 5.69 Å². The number of para-hydroxylation sites is 1. The van der Waals surface area contributed by atoms with Crippen molar-refractivity contribution in [1.29, 1.82) is 0 Å². The molecule has 0 radical (unpaired) electrons. The molecule has 4 rings (SSSR count). The highest BCUT2D eigenvalue weighted by atomic mass is 32.1. The first kappa shape index (κ1) is 22.9. The summed E-state index contributed by atoms with van der Waals surface area (Å²) in [5, 5.41) is 20.2. The van der Waals surface area contributed by atoms with Crippen molar-refractivity contribution >= 4 is 28.8 Å². The molecule has 172 valence electrons. The zero-order valence-corrected chi connectivity index (χ0v) is 19.1. The van der Waals surface area contributed by atoms with Gasteiger partial charge in [-0.15, -0.1) is 11.3 Å². The highest BCUT2D eigenvalue weighted by molar-refractivity contribution is 7.13. The number of nitrogens with one attached hydrogen (secondary N) is 1. The Morgan fingerprint density at radius 3 is 2.62 bits per heavy atom. The Bertz CT molecular complexity index is 1320. The van der Waals surface area contributed by atoms with Gasteiger partial charge in [0.05, 0.1) is 22.0 Å². The molecule has 4 aromatic rings. The fourth-order valence-corrected chi connectivity index (χ4v) is 4.10. The molecule has 0 bridgehead atoms. The average molecular weight is 476 g/mol. The van der Waals surface area contributed by atoms with E-state index in [1.165, 1.54) is 29.2 Å². The standard InChI is InChI=1S/C24H21N5O4S/c1-27(22(30)14-25-24(31)17-7-5-10-20(13-17)29(32)33)15-18-16-28(19-8-3-2-4-9-19)26-23(18)21-11-6-12-34-21/h2-13,16H,14-15H2,1H3,(H,25,31). The monoisotopic (exact) mass is 475 g/mol. The molecule has 0 saturated carbocycles. The lowest BCUT2D eigenvalue weighted by Crippen LogP contribution is -2.37. The quantitative estimate of drug-likeness (QED) is 0.307. The molecule has 2 amide bonds. The summed E-state index contributed by atoms with van der Waals surface area (Å²) in [4.78, 5) is 37.9. The highest BCUT2D eigenvalue weighted by Crippen LogP contribution is 2.28. The van der Waals surface area contributed by atoms with Crippen LogP contribution < -0.4 is 5.32 Å². The maximum atomic E-state index is 12.7. The van der Waals surface area contributed by atoms with Gasteiger partial charge in [0.15, 0.2) is 0 Å². The van der Waals surface area contributed by atoms with Gasteiger partial charge >= 0.3 is 0 Å². The molecule has 2 aromatic carbocycles. The van der Waals surface area contributed by atoms with Gasteiger partial charge in [-0.1, -0.05) is 30.3 Å². The largest absolute Gasteiger partial charge is 0.343 e. The zero-order valence-electron chi connectivity index (χ0n) is 18.2. The molecule has 0 aliphatic heterocycles. The van der Waals surface area contributed by atoms with E-state index in [0.717, 1.165) is 21.8 Å². The second-order valence-corrected chi connectivity index (χ2v) is 8.45. The normalized spacial score (nSPS) is 10.6. The number of nitro groups is 1. The molecule has 0 atom stereocenters. The first-order chi connectivity index (χ1) is 16.4. The molecule has 9 nitrogen and oxygen atoms in total. The second kappa shape index (κ2) is 10.1. The number of non-ortho nitro benzene ring substituents is 1. The van der Waals surface area contributed by atoms with Crippen molar-refractivity contribution in [2.75, 3.05) is 13.6 Å². The Labute approximate surface area is 199 Å². The van der Waals surface area contributed by atoms with E-state index in [9.17, 15) is 19.7 Å². The first-order valence-electron chi connectivity index (χ1n) is 10.4. The predicted octanol–water partition coefficient (Wildman–Crippen LogP) is 3.90. The number of hydrogen-bond acceptors (Lipinski definition) is 6. The third-order valence-electron chi connectivity index (χ3n) is 5.12. The summed E-state index contributed by atoms with van der Waals surface area (Å²) < 4.78 is 1.78. The van der Waals surface area contributed by atoms with Crippen molar-refractivity contribution in [2.45, 2.75) is 6.54 Å². The Hall–Kier alpha value is -4.31. The van der Waals surface area contributed by atoms with Crippen molar-refractivity contribution in [3.05, 3.63) is 99.5 Å². The van der Waals surface area contributed by atoms with Crippen molar-refractivity contribution in [2.24, 2.45) is 0 Å². The minimum Gasteiger partial charge on any atom is -0.343 e. The van der Waals surface area contributed by atoms with Crippen LogP contribution in [-0.2, 0) is 11.3 Å². The summed E-state index contributed by atoms with van der Waals surface area (Å²) in [6.07, 6.45) is 1.90. The first-order valence-corrected chi connectivity index (χ1v) is 11.2. The Morgan fingerprint density at radius 2 is 1.91 bits per heavy atom. The maximum Gasteiger partial charge on any atom is 0.270 e. The fourth-order valence-electron chi connectivity index (χ4n) is 3.36. The Kier molecular flexibility index (Phi) is 6.79. The Morgan fingerprint density at radius 1 is 1.12 bits per heavy atom. The summed E-state index contributed by atoms with van der Waals surface area (Å²) in [5.41, 5.74) is 2.50. The number of rotatable bonds is 8. The van der Waals surface area contributed by atoms with Crippen molar-refractivity contribution in [3.8, 4) is 16.3 Å². The molecule has 0 aliphatic carbocycles. The maximum absolute atomic E-state index is 12.7. The molecule has 0 aliphatic rings. The number of carbonyl (C=O) groups is 2. The number of amides is 2. The zero-order chi connectivity index (χ0) is 24.1. The molecule has 0 unspecified atom stereocenters. The van der Waals surface area contributed by atoms with E-state index >= 15 is 0 Å². The number of aromatic nitrogens is 2. The van der Waals surface area contributed by atoms with E-state index in [-0.39, 0.29) is 23.7 Å². The van der Waals surface area contributed by atoms with E-state index in [0.29, 0.717) is 6.54 Å². The van der Waals surface area contributed by atoms with Gasteiger partial charge in [0.25, 0.3) is 11.6 Å². The van der Waals surface area contributed by atoms with Gasteiger partial charge in [-0.2, -0.15) is 5.10 Å². The summed E-state index contributed by atoms with van der Waals surface area (Å²) in [5.74, 6) is -0.856. The van der Waals surface area contributed by atoms with Crippen molar-refractivity contribution < 1.29 is 14.5 Å². The van der Waals surface area contributed by atoms with Gasteiger partial charge in [0.2, 0.25) is 5.91 Å². The number of nitrogens with zero attached hydrogens (tertiary/aromatic N) is 4. The number of hydrogen-bond donors (Lipinski definition) is 1. The van der Waals surface area contributed by atoms with Gasteiger partial charge in [-0.05, 0) is 29.6 Å². The lowest BCUT2D eigenvalue weighted by molar-refractivity contribution is -0.384. The van der Waals surface area contributed by atoms with E-state index in [4.69, 9.17) is 5.10 Å². The Balaban J connectivity index is 1.45. The van der Waals surface area contributed by atoms with Crippen LogP contribution in [0.1, 0.15) is 15.9 Å². The van der Waals surface area contributed by atoms with Crippen LogP contribution in [0, 0.1) is 10.1 Å². The van der Waals surface area contributed by atoms with Crippen molar-refractivity contribution in [3.63, 3.8) is 0 Å². The van der Waals surface area contributed by atoms with E-state index in [1.807, 2.05) is 54.0 Å². The van der Waals surface area contributed by atoms with Crippen LogP contribution in [0.2, 0.25) is 0 Å². The molecule has 0 fully saturated rings. The third kappa shape index (κ3) is 5.18. The van der Waals surface area contributed by atoms with E-state index in [2.05, 4.69) is 5.32 Å². The summed E-state index contributed by atoms with van der Waals surface area (Å²) in [6.45, 7) is 0.0603. The van der Waals surface area contributed by atoms with Crippen LogP contribution in [0.5, 0.6) is 0 Å². The van der Waals surface area contributed by atoms with Crippen molar-refractivity contribution in [1.82, 2.24) is 20.0 Å². The number of carbonyl (C=O) groups excluding carboxylic acids is 2. The average Bonchev–Trinajstić information content (AvgIpc) is 3.53. The third-order valence-corrected chi connectivity index (χ3v) is 5.99. The molecular weight excluding hydrogens is 454 g/mol. The van der Waals surface area contributed by atoms with Crippen LogP contribution in [0.15, 0.2) is 78.3 Å². The van der Waals surface area contributed by atoms with Gasteiger partial charge in [0.1, 0.15) is 5.69 Å². The summed E-state index contributed by atoms with van der Waals surface area (Å²) >= 11 is 1.56. The minimum atomic E-state index is -0.573. The van der Waals surface area contributed by atoms with Crippen LogP contribution in [0.25, 0.3) is 16.3 Å². The van der Waals surface area contributed by atoms with Crippen LogP contribution in [-0.4, -0.2) is 45.0 Å². The molecule has 0 saturated heterocycles.